The molecule has 1 unspecified atom stereocenters. The van der Waals surface area contributed by atoms with Gasteiger partial charge in [0, 0.05) is 10.8 Å². The molecule has 2 aliphatic rings. The van der Waals surface area contributed by atoms with Gasteiger partial charge in [0.05, 0.1) is 0 Å². The average Bonchev–Trinajstić information content (AvgIpc) is 2.61. The Balaban J connectivity index is 2.14. The first-order chi connectivity index (χ1) is 6.95. The zero-order valence-electron chi connectivity index (χ0n) is 7.94. The SMILES string of the molecule is C1=CC2=CCCc3sccc3C2C=C1. The van der Waals surface area contributed by atoms with Crippen LogP contribution in [-0.4, -0.2) is 0 Å². The lowest BCUT2D eigenvalue weighted by Crippen LogP contribution is -1.99. The molecule has 0 aromatic carbocycles. The first-order valence-corrected chi connectivity index (χ1v) is 5.94. The van der Waals surface area contributed by atoms with Crippen LogP contribution in [0.25, 0.3) is 0 Å². The van der Waals surface area contributed by atoms with Crippen LogP contribution < -0.4 is 0 Å². The molecule has 1 aromatic heterocycles. The quantitative estimate of drug-likeness (QED) is 0.597. The second-order valence-electron chi connectivity index (χ2n) is 3.76. The highest BCUT2D eigenvalue weighted by atomic mass is 32.1. The maximum atomic E-state index is 2.39. The summed E-state index contributed by atoms with van der Waals surface area (Å²) in [6.45, 7) is 0. The minimum absolute atomic E-state index is 0.531. The molecule has 0 nitrogen and oxygen atoms in total. The molecular formula is C13H12S. The minimum Gasteiger partial charge on any atom is -0.149 e. The van der Waals surface area contributed by atoms with Gasteiger partial charge in [-0.3, -0.25) is 0 Å². The first-order valence-electron chi connectivity index (χ1n) is 5.06. The molecule has 70 valence electrons. The van der Waals surface area contributed by atoms with E-state index in [0.717, 1.165) is 0 Å². The zero-order valence-corrected chi connectivity index (χ0v) is 8.76. The van der Waals surface area contributed by atoms with E-state index in [1.165, 1.54) is 24.0 Å². The molecule has 0 saturated carbocycles. The molecule has 1 heteroatoms. The van der Waals surface area contributed by atoms with E-state index in [4.69, 9.17) is 0 Å². The number of fused-ring (bicyclic) bond motifs is 3. The van der Waals surface area contributed by atoms with Crippen molar-refractivity contribution >= 4 is 11.3 Å². The van der Waals surface area contributed by atoms with Gasteiger partial charge in [0.2, 0.25) is 0 Å². The summed E-state index contributed by atoms with van der Waals surface area (Å²) in [7, 11) is 0. The van der Waals surface area contributed by atoms with Crippen molar-refractivity contribution in [2.24, 2.45) is 0 Å². The summed E-state index contributed by atoms with van der Waals surface area (Å²) in [6, 6.07) is 2.29. The van der Waals surface area contributed by atoms with Gasteiger partial charge in [-0.2, -0.15) is 0 Å². The molecule has 0 fully saturated rings. The van der Waals surface area contributed by atoms with Gasteiger partial charge in [-0.15, -0.1) is 11.3 Å². The molecule has 0 saturated heterocycles. The number of allylic oxidation sites excluding steroid dienone is 6. The van der Waals surface area contributed by atoms with E-state index in [1.54, 1.807) is 4.88 Å². The molecule has 0 bridgehead atoms. The van der Waals surface area contributed by atoms with Gasteiger partial charge in [-0.25, -0.2) is 0 Å². The van der Waals surface area contributed by atoms with Crippen molar-refractivity contribution in [2.45, 2.75) is 18.8 Å². The fraction of sp³-hybridized carbons (Fsp3) is 0.231. The molecule has 1 heterocycles. The van der Waals surface area contributed by atoms with Crippen molar-refractivity contribution < 1.29 is 0 Å². The summed E-state index contributed by atoms with van der Waals surface area (Å²) in [4.78, 5) is 1.57. The Morgan fingerprint density at radius 3 is 3.29 bits per heavy atom. The summed E-state index contributed by atoms with van der Waals surface area (Å²) >= 11 is 1.90. The second kappa shape index (κ2) is 3.25. The van der Waals surface area contributed by atoms with Crippen molar-refractivity contribution in [3.05, 3.63) is 57.8 Å². The van der Waals surface area contributed by atoms with Gasteiger partial charge in [0.25, 0.3) is 0 Å². The lowest BCUT2D eigenvalue weighted by molar-refractivity contribution is 1.01. The van der Waals surface area contributed by atoms with Crippen LogP contribution in [0.2, 0.25) is 0 Å². The predicted molar refractivity (Wildman–Crippen MR) is 61.7 cm³/mol. The van der Waals surface area contributed by atoms with Crippen LogP contribution in [0.15, 0.2) is 47.4 Å². The average molecular weight is 200 g/mol. The monoisotopic (exact) mass is 200 g/mol. The number of hydrogen-bond donors (Lipinski definition) is 0. The Labute approximate surface area is 88.3 Å². The van der Waals surface area contributed by atoms with Crippen LogP contribution in [0, 0.1) is 0 Å². The van der Waals surface area contributed by atoms with E-state index < -0.39 is 0 Å². The normalized spacial score (nSPS) is 23.7. The van der Waals surface area contributed by atoms with Gasteiger partial charge in [0.15, 0.2) is 0 Å². The summed E-state index contributed by atoms with van der Waals surface area (Å²) < 4.78 is 0. The molecular weight excluding hydrogens is 188 g/mol. The summed E-state index contributed by atoms with van der Waals surface area (Å²) in [6.07, 6.45) is 13.7. The molecule has 0 N–H and O–H groups in total. The highest BCUT2D eigenvalue weighted by Gasteiger charge is 2.20. The third-order valence-electron chi connectivity index (χ3n) is 2.93. The van der Waals surface area contributed by atoms with E-state index in [-0.39, 0.29) is 0 Å². The number of thiophene rings is 1. The predicted octanol–water partition coefficient (Wildman–Crippen LogP) is 3.83. The Kier molecular flexibility index (Phi) is 1.91. The summed E-state index contributed by atoms with van der Waals surface area (Å²) in [5, 5.41) is 2.22. The van der Waals surface area contributed by atoms with Crippen molar-refractivity contribution in [3.8, 4) is 0 Å². The molecule has 1 atom stereocenters. The molecule has 1 aromatic rings. The van der Waals surface area contributed by atoms with Crippen LogP contribution in [0.4, 0.5) is 0 Å². The van der Waals surface area contributed by atoms with Crippen LogP contribution in [-0.2, 0) is 6.42 Å². The largest absolute Gasteiger partial charge is 0.149 e. The second-order valence-corrected chi connectivity index (χ2v) is 4.76. The van der Waals surface area contributed by atoms with Gasteiger partial charge < -0.3 is 0 Å². The number of rotatable bonds is 0. The molecule has 14 heavy (non-hydrogen) atoms. The van der Waals surface area contributed by atoms with Crippen LogP contribution in [0.1, 0.15) is 22.8 Å². The van der Waals surface area contributed by atoms with Gasteiger partial charge >= 0.3 is 0 Å². The van der Waals surface area contributed by atoms with Crippen molar-refractivity contribution in [3.63, 3.8) is 0 Å². The van der Waals surface area contributed by atoms with Crippen molar-refractivity contribution in [2.75, 3.05) is 0 Å². The number of aryl methyl sites for hydroxylation is 1. The molecule has 0 radical (unpaired) electrons. The molecule has 0 aliphatic heterocycles. The maximum absolute atomic E-state index is 2.39. The van der Waals surface area contributed by atoms with Crippen molar-refractivity contribution in [1.29, 1.82) is 0 Å². The maximum Gasteiger partial charge on any atom is 0.0280 e. The first kappa shape index (κ1) is 8.25. The van der Waals surface area contributed by atoms with E-state index in [9.17, 15) is 0 Å². The smallest absolute Gasteiger partial charge is 0.0280 e. The molecule has 0 spiro atoms. The Morgan fingerprint density at radius 2 is 2.29 bits per heavy atom. The van der Waals surface area contributed by atoms with E-state index in [2.05, 4.69) is 41.8 Å². The van der Waals surface area contributed by atoms with Crippen LogP contribution in [0.3, 0.4) is 0 Å². The third kappa shape index (κ3) is 1.20. The molecule has 3 rings (SSSR count). The summed E-state index contributed by atoms with van der Waals surface area (Å²) in [5.74, 6) is 0.531. The summed E-state index contributed by atoms with van der Waals surface area (Å²) in [5.41, 5.74) is 3.00. The van der Waals surface area contributed by atoms with Gasteiger partial charge in [-0.05, 0) is 35.4 Å². The van der Waals surface area contributed by atoms with Crippen molar-refractivity contribution in [1.82, 2.24) is 0 Å². The minimum atomic E-state index is 0.531. The van der Waals surface area contributed by atoms with Crippen LogP contribution in [0.5, 0.6) is 0 Å². The van der Waals surface area contributed by atoms with Gasteiger partial charge in [0.1, 0.15) is 0 Å². The lowest BCUT2D eigenvalue weighted by atomic mass is 9.89. The van der Waals surface area contributed by atoms with E-state index in [1.807, 2.05) is 11.3 Å². The Bertz CT molecular complexity index is 432. The standard InChI is InChI=1S/C13H12S/c1-2-6-11-10(4-1)5-3-7-13-12(11)8-9-14-13/h1-2,4-6,8-9,11H,3,7H2. The van der Waals surface area contributed by atoms with E-state index in [0.29, 0.717) is 5.92 Å². The highest BCUT2D eigenvalue weighted by molar-refractivity contribution is 7.10. The highest BCUT2D eigenvalue weighted by Crippen LogP contribution is 2.37. The third-order valence-corrected chi connectivity index (χ3v) is 3.93. The fourth-order valence-electron chi connectivity index (χ4n) is 2.24. The molecule has 2 aliphatic carbocycles. The lowest BCUT2D eigenvalue weighted by Gasteiger charge is -2.15. The Hall–Kier alpha value is -1.08. The van der Waals surface area contributed by atoms with Crippen LogP contribution >= 0.6 is 11.3 Å². The molecule has 0 amide bonds. The van der Waals surface area contributed by atoms with Gasteiger partial charge in [-0.1, -0.05) is 30.4 Å². The zero-order chi connectivity index (χ0) is 9.38. The van der Waals surface area contributed by atoms with E-state index >= 15 is 0 Å². The Morgan fingerprint density at radius 1 is 1.29 bits per heavy atom. The topological polar surface area (TPSA) is 0 Å². The fourth-order valence-corrected chi connectivity index (χ4v) is 3.18. The number of hydrogen-bond acceptors (Lipinski definition) is 1.